The number of ether oxygens (including phenoxy) is 1. The summed E-state index contributed by atoms with van der Waals surface area (Å²) in [4.78, 5) is 22.9. The monoisotopic (exact) mass is 340 g/mol. The van der Waals surface area contributed by atoms with Gasteiger partial charge in [-0.1, -0.05) is 32.0 Å². The Hall–Kier alpha value is -2.47. The van der Waals surface area contributed by atoms with Gasteiger partial charge in [-0.05, 0) is 24.0 Å². The lowest BCUT2D eigenvalue weighted by Crippen LogP contribution is -2.40. The number of carbonyl (C=O) groups is 1. The SMILES string of the molecule is CCc1cccc(CC)c1Nc1ncc(C(=O)N2CCOCC2)cn1. The second-order valence-electron chi connectivity index (χ2n) is 5.98. The molecule has 0 aliphatic carbocycles. The van der Waals surface area contributed by atoms with Crippen molar-refractivity contribution in [1.82, 2.24) is 14.9 Å². The molecule has 25 heavy (non-hydrogen) atoms. The van der Waals surface area contributed by atoms with Crippen molar-refractivity contribution in [3.05, 3.63) is 47.3 Å². The number of nitrogens with zero attached hydrogens (tertiary/aromatic N) is 3. The fraction of sp³-hybridized carbons (Fsp3) is 0.421. The van der Waals surface area contributed by atoms with Crippen molar-refractivity contribution in [3.63, 3.8) is 0 Å². The summed E-state index contributed by atoms with van der Waals surface area (Å²) in [5.74, 6) is 0.465. The highest BCUT2D eigenvalue weighted by Gasteiger charge is 2.19. The van der Waals surface area contributed by atoms with E-state index in [0.29, 0.717) is 37.8 Å². The predicted molar refractivity (Wildman–Crippen MR) is 97.2 cm³/mol. The van der Waals surface area contributed by atoms with Gasteiger partial charge in [0.25, 0.3) is 5.91 Å². The molecular formula is C19H24N4O2. The lowest BCUT2D eigenvalue weighted by atomic mass is 10.0. The van der Waals surface area contributed by atoms with Crippen LogP contribution in [0.25, 0.3) is 0 Å². The maximum Gasteiger partial charge on any atom is 0.257 e. The minimum atomic E-state index is -0.0435. The van der Waals surface area contributed by atoms with Crippen LogP contribution in [-0.2, 0) is 17.6 Å². The van der Waals surface area contributed by atoms with E-state index in [0.717, 1.165) is 18.5 Å². The smallest absolute Gasteiger partial charge is 0.257 e. The first-order valence-electron chi connectivity index (χ1n) is 8.79. The molecule has 0 spiro atoms. The first kappa shape index (κ1) is 17.4. The maximum absolute atomic E-state index is 12.4. The summed E-state index contributed by atoms with van der Waals surface area (Å²) in [6.45, 7) is 6.65. The molecule has 1 saturated heterocycles. The minimum Gasteiger partial charge on any atom is -0.378 e. The van der Waals surface area contributed by atoms with Crippen molar-refractivity contribution in [2.75, 3.05) is 31.6 Å². The molecule has 0 bridgehead atoms. The lowest BCUT2D eigenvalue weighted by Gasteiger charge is -2.26. The molecule has 1 aliphatic rings. The second-order valence-corrected chi connectivity index (χ2v) is 5.98. The van der Waals surface area contributed by atoms with Gasteiger partial charge in [0, 0.05) is 31.2 Å². The van der Waals surface area contributed by atoms with Gasteiger partial charge in [0.15, 0.2) is 0 Å². The molecule has 132 valence electrons. The molecule has 2 aromatic rings. The van der Waals surface area contributed by atoms with Gasteiger partial charge in [-0.3, -0.25) is 4.79 Å². The van der Waals surface area contributed by atoms with E-state index in [1.807, 2.05) is 0 Å². The van der Waals surface area contributed by atoms with Gasteiger partial charge in [0.05, 0.1) is 18.8 Å². The van der Waals surface area contributed by atoms with Crippen LogP contribution in [0.3, 0.4) is 0 Å². The molecule has 0 saturated carbocycles. The number of nitrogens with one attached hydrogen (secondary N) is 1. The zero-order valence-corrected chi connectivity index (χ0v) is 14.8. The number of aryl methyl sites for hydroxylation is 2. The molecule has 0 unspecified atom stereocenters. The highest BCUT2D eigenvalue weighted by molar-refractivity contribution is 5.93. The molecule has 1 fully saturated rings. The standard InChI is InChI=1S/C19H24N4O2/c1-3-14-6-5-7-15(4-2)17(14)22-19-20-12-16(13-21-19)18(24)23-8-10-25-11-9-23/h5-7,12-13H,3-4,8-11H2,1-2H3,(H,20,21,22). The number of hydrogen-bond donors (Lipinski definition) is 1. The molecule has 0 atom stereocenters. The van der Waals surface area contributed by atoms with Gasteiger partial charge in [0.2, 0.25) is 5.95 Å². The number of morpholine rings is 1. The number of amides is 1. The summed E-state index contributed by atoms with van der Waals surface area (Å²) in [5, 5.41) is 3.32. The Kier molecular flexibility index (Phi) is 5.60. The van der Waals surface area contributed by atoms with Crippen molar-refractivity contribution in [3.8, 4) is 0 Å². The van der Waals surface area contributed by atoms with Crippen LogP contribution in [0.4, 0.5) is 11.6 Å². The van der Waals surface area contributed by atoms with Crippen LogP contribution in [0.15, 0.2) is 30.6 Å². The van der Waals surface area contributed by atoms with Crippen molar-refractivity contribution < 1.29 is 9.53 Å². The first-order chi connectivity index (χ1) is 12.2. The fourth-order valence-electron chi connectivity index (χ4n) is 2.97. The number of aromatic nitrogens is 2. The zero-order chi connectivity index (χ0) is 17.6. The molecule has 1 N–H and O–H groups in total. The highest BCUT2D eigenvalue weighted by Crippen LogP contribution is 2.25. The predicted octanol–water partition coefficient (Wildman–Crippen LogP) is 2.82. The molecule has 3 rings (SSSR count). The zero-order valence-electron chi connectivity index (χ0n) is 14.8. The molecule has 6 heteroatoms. The van der Waals surface area contributed by atoms with Crippen LogP contribution in [0, 0.1) is 0 Å². The molecule has 6 nitrogen and oxygen atoms in total. The average Bonchev–Trinajstić information content (AvgIpc) is 2.69. The van der Waals surface area contributed by atoms with Crippen LogP contribution >= 0.6 is 0 Å². The van der Waals surface area contributed by atoms with Crippen LogP contribution in [0.2, 0.25) is 0 Å². The van der Waals surface area contributed by atoms with E-state index in [1.165, 1.54) is 11.1 Å². The number of para-hydroxylation sites is 1. The molecule has 1 amide bonds. The number of hydrogen-bond acceptors (Lipinski definition) is 5. The normalized spacial score (nSPS) is 14.4. The Labute approximate surface area is 148 Å². The van der Waals surface area contributed by atoms with E-state index in [1.54, 1.807) is 17.3 Å². The van der Waals surface area contributed by atoms with Gasteiger partial charge in [-0.15, -0.1) is 0 Å². The van der Waals surface area contributed by atoms with Crippen molar-refractivity contribution in [1.29, 1.82) is 0 Å². The van der Waals surface area contributed by atoms with Gasteiger partial charge >= 0.3 is 0 Å². The quantitative estimate of drug-likeness (QED) is 0.906. The summed E-state index contributed by atoms with van der Waals surface area (Å²) in [6, 6.07) is 6.30. The first-order valence-corrected chi connectivity index (χ1v) is 8.79. The summed E-state index contributed by atoms with van der Waals surface area (Å²) in [6.07, 6.45) is 5.05. The van der Waals surface area contributed by atoms with Crippen LogP contribution in [0.5, 0.6) is 0 Å². The highest BCUT2D eigenvalue weighted by atomic mass is 16.5. The van der Waals surface area contributed by atoms with Gasteiger partial charge < -0.3 is 15.0 Å². The molecule has 1 aromatic carbocycles. The molecule has 0 radical (unpaired) electrons. The van der Waals surface area contributed by atoms with E-state index in [9.17, 15) is 4.79 Å². The number of rotatable bonds is 5. The number of anilines is 2. The molecular weight excluding hydrogens is 316 g/mol. The third-order valence-corrected chi connectivity index (χ3v) is 4.43. The van der Waals surface area contributed by atoms with E-state index in [4.69, 9.17) is 4.74 Å². The molecule has 2 heterocycles. The lowest BCUT2D eigenvalue weighted by molar-refractivity contribution is 0.0302. The Balaban J connectivity index is 1.76. The van der Waals surface area contributed by atoms with E-state index >= 15 is 0 Å². The summed E-state index contributed by atoms with van der Waals surface area (Å²) >= 11 is 0. The van der Waals surface area contributed by atoms with Gasteiger partial charge in [-0.25, -0.2) is 9.97 Å². The second kappa shape index (κ2) is 8.07. The van der Waals surface area contributed by atoms with Gasteiger partial charge in [0.1, 0.15) is 0 Å². The Bertz CT molecular complexity index is 702. The summed E-state index contributed by atoms with van der Waals surface area (Å²) in [5.41, 5.74) is 4.04. The van der Waals surface area contributed by atoms with E-state index < -0.39 is 0 Å². The summed E-state index contributed by atoms with van der Waals surface area (Å²) in [7, 11) is 0. The topological polar surface area (TPSA) is 67.4 Å². The molecule has 1 aromatic heterocycles. The van der Waals surface area contributed by atoms with Crippen LogP contribution in [-0.4, -0.2) is 47.1 Å². The Morgan fingerprint density at radius 1 is 1.12 bits per heavy atom. The van der Waals surface area contributed by atoms with E-state index in [2.05, 4.69) is 47.3 Å². The third kappa shape index (κ3) is 3.96. The largest absolute Gasteiger partial charge is 0.378 e. The molecule has 1 aliphatic heterocycles. The van der Waals surface area contributed by atoms with Crippen LogP contribution in [0.1, 0.15) is 35.3 Å². The van der Waals surface area contributed by atoms with Crippen LogP contribution < -0.4 is 5.32 Å². The number of carbonyl (C=O) groups excluding carboxylic acids is 1. The Morgan fingerprint density at radius 3 is 2.28 bits per heavy atom. The van der Waals surface area contributed by atoms with Crippen molar-refractivity contribution in [2.45, 2.75) is 26.7 Å². The van der Waals surface area contributed by atoms with Crippen molar-refractivity contribution >= 4 is 17.5 Å². The fourth-order valence-corrected chi connectivity index (χ4v) is 2.97. The van der Waals surface area contributed by atoms with Crippen molar-refractivity contribution in [2.24, 2.45) is 0 Å². The Morgan fingerprint density at radius 2 is 1.72 bits per heavy atom. The third-order valence-electron chi connectivity index (χ3n) is 4.43. The van der Waals surface area contributed by atoms with Gasteiger partial charge in [-0.2, -0.15) is 0 Å². The summed E-state index contributed by atoms with van der Waals surface area (Å²) < 4.78 is 5.28. The van der Waals surface area contributed by atoms with E-state index in [-0.39, 0.29) is 5.91 Å². The maximum atomic E-state index is 12.4. The number of benzene rings is 1. The average molecular weight is 340 g/mol. The minimum absolute atomic E-state index is 0.0435.